The predicted octanol–water partition coefficient (Wildman–Crippen LogP) is 3.28. The van der Waals surface area contributed by atoms with Gasteiger partial charge in [-0.3, -0.25) is 0 Å². The topological polar surface area (TPSA) is 15.3 Å². The van der Waals surface area contributed by atoms with Crippen molar-refractivity contribution in [2.75, 3.05) is 26.2 Å². The fraction of sp³-hybridized carbons (Fsp3) is 1.00. The number of rotatable bonds is 6. The monoisotopic (exact) mass is 240 g/mol. The molecule has 1 rings (SSSR count). The van der Waals surface area contributed by atoms with Crippen LogP contribution >= 0.6 is 0 Å². The SMILES string of the molecule is CCNCCCC(C)N1CCCC(C)(C)CC1. The van der Waals surface area contributed by atoms with Crippen molar-refractivity contribution < 1.29 is 0 Å². The molecule has 1 fully saturated rings. The molecule has 1 heterocycles. The molecule has 0 amide bonds. The first-order chi connectivity index (χ1) is 8.05. The molecule has 0 aliphatic carbocycles. The Kier molecular flexibility index (Phi) is 6.50. The summed E-state index contributed by atoms with van der Waals surface area (Å²) in [6, 6.07) is 0.766. The summed E-state index contributed by atoms with van der Waals surface area (Å²) in [4.78, 5) is 2.71. The van der Waals surface area contributed by atoms with Crippen LogP contribution in [-0.4, -0.2) is 37.1 Å². The molecule has 17 heavy (non-hydrogen) atoms. The fourth-order valence-electron chi connectivity index (χ4n) is 2.77. The van der Waals surface area contributed by atoms with E-state index in [0.717, 1.165) is 12.6 Å². The minimum Gasteiger partial charge on any atom is -0.317 e. The molecule has 0 aromatic heterocycles. The fourth-order valence-corrected chi connectivity index (χ4v) is 2.77. The van der Waals surface area contributed by atoms with Gasteiger partial charge < -0.3 is 10.2 Å². The highest BCUT2D eigenvalue weighted by atomic mass is 15.1. The van der Waals surface area contributed by atoms with Gasteiger partial charge in [0.25, 0.3) is 0 Å². The van der Waals surface area contributed by atoms with E-state index in [1.165, 1.54) is 51.7 Å². The maximum absolute atomic E-state index is 3.41. The lowest BCUT2D eigenvalue weighted by molar-refractivity contribution is 0.195. The quantitative estimate of drug-likeness (QED) is 0.717. The van der Waals surface area contributed by atoms with Crippen LogP contribution in [-0.2, 0) is 0 Å². The minimum atomic E-state index is 0.568. The summed E-state index contributed by atoms with van der Waals surface area (Å²) in [6.45, 7) is 14.3. The van der Waals surface area contributed by atoms with Crippen molar-refractivity contribution in [3.05, 3.63) is 0 Å². The summed E-state index contributed by atoms with van der Waals surface area (Å²) in [6.07, 6.45) is 6.80. The lowest BCUT2D eigenvalue weighted by Gasteiger charge is -2.28. The molecule has 1 atom stereocenters. The molecule has 1 N–H and O–H groups in total. The molecule has 2 nitrogen and oxygen atoms in total. The smallest absolute Gasteiger partial charge is 0.00674 e. The van der Waals surface area contributed by atoms with Gasteiger partial charge in [-0.1, -0.05) is 20.8 Å². The van der Waals surface area contributed by atoms with Gasteiger partial charge in [-0.2, -0.15) is 0 Å². The lowest BCUT2D eigenvalue weighted by atomic mass is 9.85. The first-order valence-electron chi connectivity index (χ1n) is 7.50. The van der Waals surface area contributed by atoms with Crippen LogP contribution in [0.4, 0.5) is 0 Å². The predicted molar refractivity (Wildman–Crippen MR) is 76.4 cm³/mol. The average Bonchev–Trinajstić information content (AvgIpc) is 2.45. The number of hydrogen-bond acceptors (Lipinski definition) is 2. The summed E-state index contributed by atoms with van der Waals surface area (Å²) in [5.41, 5.74) is 0.568. The molecule has 0 aromatic carbocycles. The van der Waals surface area contributed by atoms with Crippen molar-refractivity contribution in [1.82, 2.24) is 10.2 Å². The summed E-state index contributed by atoms with van der Waals surface area (Å²) in [5.74, 6) is 0. The molecule has 1 unspecified atom stereocenters. The molecular formula is C15H32N2. The first kappa shape index (κ1) is 15.0. The second-order valence-corrected chi connectivity index (χ2v) is 6.40. The third kappa shape index (κ3) is 5.87. The molecule has 0 saturated carbocycles. The van der Waals surface area contributed by atoms with Crippen LogP contribution in [0.3, 0.4) is 0 Å². The Bertz CT molecular complexity index is 201. The normalized spacial score (nSPS) is 23.3. The van der Waals surface area contributed by atoms with Gasteiger partial charge in [0.15, 0.2) is 0 Å². The average molecular weight is 240 g/mol. The van der Waals surface area contributed by atoms with Crippen LogP contribution in [0, 0.1) is 5.41 Å². The third-order valence-electron chi connectivity index (χ3n) is 4.22. The molecule has 0 spiro atoms. The van der Waals surface area contributed by atoms with E-state index in [-0.39, 0.29) is 0 Å². The minimum absolute atomic E-state index is 0.568. The molecule has 1 saturated heterocycles. The largest absolute Gasteiger partial charge is 0.317 e. The van der Waals surface area contributed by atoms with Crippen LogP contribution < -0.4 is 5.32 Å². The Morgan fingerprint density at radius 2 is 2.00 bits per heavy atom. The number of nitrogens with zero attached hydrogens (tertiary/aromatic N) is 1. The van der Waals surface area contributed by atoms with Crippen molar-refractivity contribution in [2.24, 2.45) is 5.41 Å². The van der Waals surface area contributed by atoms with Crippen LogP contribution in [0.15, 0.2) is 0 Å². The van der Waals surface area contributed by atoms with Crippen molar-refractivity contribution in [2.45, 2.75) is 65.8 Å². The van der Waals surface area contributed by atoms with Crippen LogP contribution in [0.5, 0.6) is 0 Å². The highest BCUT2D eigenvalue weighted by molar-refractivity contribution is 4.78. The van der Waals surface area contributed by atoms with E-state index in [4.69, 9.17) is 0 Å². The second-order valence-electron chi connectivity index (χ2n) is 6.40. The second kappa shape index (κ2) is 7.38. The zero-order chi connectivity index (χ0) is 12.7. The van der Waals surface area contributed by atoms with Crippen molar-refractivity contribution in [3.63, 3.8) is 0 Å². The molecule has 0 bridgehead atoms. The Hall–Kier alpha value is -0.0800. The van der Waals surface area contributed by atoms with Gasteiger partial charge in [0.05, 0.1) is 0 Å². The van der Waals surface area contributed by atoms with Crippen molar-refractivity contribution >= 4 is 0 Å². The van der Waals surface area contributed by atoms with E-state index in [0.29, 0.717) is 5.41 Å². The van der Waals surface area contributed by atoms with Gasteiger partial charge in [-0.05, 0) is 70.6 Å². The molecule has 0 radical (unpaired) electrons. The number of nitrogens with one attached hydrogen (secondary N) is 1. The van der Waals surface area contributed by atoms with Crippen molar-refractivity contribution in [3.8, 4) is 0 Å². The third-order valence-corrected chi connectivity index (χ3v) is 4.22. The Morgan fingerprint density at radius 1 is 1.24 bits per heavy atom. The van der Waals surface area contributed by atoms with Gasteiger partial charge in [0, 0.05) is 6.04 Å². The first-order valence-corrected chi connectivity index (χ1v) is 7.50. The van der Waals surface area contributed by atoms with Crippen LogP contribution in [0.2, 0.25) is 0 Å². The van der Waals surface area contributed by atoms with E-state index in [2.05, 4.69) is 37.9 Å². The molecule has 1 aliphatic heterocycles. The highest BCUT2D eigenvalue weighted by Gasteiger charge is 2.24. The van der Waals surface area contributed by atoms with Crippen LogP contribution in [0.25, 0.3) is 0 Å². The molecule has 0 aromatic rings. The summed E-state index contributed by atoms with van der Waals surface area (Å²) in [7, 11) is 0. The maximum atomic E-state index is 3.41. The standard InChI is InChI=1S/C15H32N2/c1-5-16-11-6-8-14(2)17-12-7-9-15(3,4)10-13-17/h14,16H,5-13H2,1-4H3. The molecule has 1 aliphatic rings. The molecule has 102 valence electrons. The Morgan fingerprint density at radius 3 is 2.71 bits per heavy atom. The summed E-state index contributed by atoms with van der Waals surface area (Å²) < 4.78 is 0. The van der Waals surface area contributed by atoms with E-state index in [1.54, 1.807) is 0 Å². The zero-order valence-corrected chi connectivity index (χ0v) is 12.4. The van der Waals surface area contributed by atoms with E-state index in [1.807, 2.05) is 0 Å². The van der Waals surface area contributed by atoms with Gasteiger partial charge in [-0.15, -0.1) is 0 Å². The van der Waals surface area contributed by atoms with E-state index < -0.39 is 0 Å². The molecular weight excluding hydrogens is 208 g/mol. The zero-order valence-electron chi connectivity index (χ0n) is 12.4. The Balaban J connectivity index is 2.24. The van der Waals surface area contributed by atoms with Crippen LogP contribution in [0.1, 0.15) is 59.8 Å². The molecule has 2 heteroatoms. The number of likely N-dealkylation sites (tertiary alicyclic amines) is 1. The van der Waals surface area contributed by atoms with Gasteiger partial charge in [0.2, 0.25) is 0 Å². The highest BCUT2D eigenvalue weighted by Crippen LogP contribution is 2.30. The number of hydrogen-bond donors (Lipinski definition) is 1. The van der Waals surface area contributed by atoms with E-state index >= 15 is 0 Å². The summed E-state index contributed by atoms with van der Waals surface area (Å²) in [5, 5.41) is 3.41. The lowest BCUT2D eigenvalue weighted by Crippen LogP contribution is -2.34. The van der Waals surface area contributed by atoms with Gasteiger partial charge >= 0.3 is 0 Å². The maximum Gasteiger partial charge on any atom is 0.00674 e. The summed E-state index contributed by atoms with van der Waals surface area (Å²) >= 11 is 0. The Labute approximate surface area is 108 Å². The van der Waals surface area contributed by atoms with Gasteiger partial charge in [-0.25, -0.2) is 0 Å². The van der Waals surface area contributed by atoms with E-state index in [9.17, 15) is 0 Å². The van der Waals surface area contributed by atoms with Crippen molar-refractivity contribution in [1.29, 1.82) is 0 Å². The van der Waals surface area contributed by atoms with Gasteiger partial charge in [0.1, 0.15) is 0 Å².